The van der Waals surface area contributed by atoms with Gasteiger partial charge >= 0.3 is 0 Å². The summed E-state index contributed by atoms with van der Waals surface area (Å²) in [6.45, 7) is 4.15. The summed E-state index contributed by atoms with van der Waals surface area (Å²) in [5, 5.41) is 3.15. The summed E-state index contributed by atoms with van der Waals surface area (Å²) in [4.78, 5) is 12.2. The lowest BCUT2D eigenvalue weighted by molar-refractivity contribution is 0.0910. The highest BCUT2D eigenvalue weighted by Crippen LogP contribution is 2.24. The second kappa shape index (κ2) is 5.42. The Morgan fingerprint density at radius 2 is 2.06 bits per heavy atom. The zero-order valence-electron chi connectivity index (χ0n) is 11.2. The van der Waals surface area contributed by atoms with E-state index in [9.17, 15) is 4.79 Å². The van der Waals surface area contributed by atoms with E-state index in [2.05, 4.69) is 12.2 Å². The van der Waals surface area contributed by atoms with Crippen molar-refractivity contribution in [3.05, 3.63) is 29.3 Å². The molecule has 0 saturated heterocycles. The van der Waals surface area contributed by atoms with Crippen molar-refractivity contribution in [2.75, 3.05) is 5.73 Å². The number of rotatable bonds is 2. The Morgan fingerprint density at radius 1 is 1.33 bits per heavy atom. The minimum Gasteiger partial charge on any atom is -0.399 e. The Bertz CT molecular complexity index is 442. The fraction of sp³-hybridized carbons (Fsp3) is 0.533. The Labute approximate surface area is 109 Å². The fourth-order valence-electron chi connectivity index (χ4n) is 2.60. The topological polar surface area (TPSA) is 55.1 Å². The van der Waals surface area contributed by atoms with Gasteiger partial charge in [-0.15, -0.1) is 0 Å². The van der Waals surface area contributed by atoms with Gasteiger partial charge in [0.1, 0.15) is 0 Å². The molecule has 98 valence electrons. The number of nitrogen functional groups attached to an aromatic ring is 1. The minimum atomic E-state index is 0.0249. The van der Waals surface area contributed by atoms with Gasteiger partial charge in [-0.3, -0.25) is 4.79 Å². The zero-order valence-corrected chi connectivity index (χ0v) is 11.2. The molecular formula is C15H22N2O. The van der Waals surface area contributed by atoms with Crippen molar-refractivity contribution in [1.82, 2.24) is 5.32 Å². The number of benzene rings is 1. The van der Waals surface area contributed by atoms with Gasteiger partial charge in [0, 0.05) is 17.3 Å². The first-order valence-electron chi connectivity index (χ1n) is 6.75. The van der Waals surface area contributed by atoms with Gasteiger partial charge in [-0.2, -0.15) is 0 Å². The number of hydrogen-bond donors (Lipinski definition) is 2. The third-order valence-electron chi connectivity index (χ3n) is 3.96. The summed E-state index contributed by atoms with van der Waals surface area (Å²) in [6.07, 6.45) is 4.82. The van der Waals surface area contributed by atoms with E-state index < -0.39 is 0 Å². The molecule has 0 radical (unpaired) electrons. The SMILES string of the molecule is Cc1cc(C(=O)N[C@H]2CCCC[C@@H]2C)ccc1N. The van der Waals surface area contributed by atoms with E-state index in [4.69, 9.17) is 5.73 Å². The predicted molar refractivity (Wildman–Crippen MR) is 74.5 cm³/mol. The molecule has 0 spiro atoms. The number of nitrogens with two attached hydrogens (primary N) is 1. The molecule has 1 aliphatic rings. The monoisotopic (exact) mass is 246 g/mol. The van der Waals surface area contributed by atoms with Gasteiger partial charge in [-0.1, -0.05) is 19.8 Å². The average molecular weight is 246 g/mol. The summed E-state index contributed by atoms with van der Waals surface area (Å²) in [5.74, 6) is 0.606. The second-order valence-electron chi connectivity index (χ2n) is 5.41. The lowest BCUT2D eigenvalue weighted by Crippen LogP contribution is -2.41. The number of carbonyl (C=O) groups excluding carboxylic acids is 1. The van der Waals surface area contributed by atoms with Crippen LogP contribution >= 0.6 is 0 Å². The third-order valence-corrected chi connectivity index (χ3v) is 3.96. The van der Waals surface area contributed by atoms with Crippen molar-refractivity contribution in [3.63, 3.8) is 0 Å². The fourth-order valence-corrected chi connectivity index (χ4v) is 2.60. The summed E-state index contributed by atoms with van der Waals surface area (Å²) in [5.41, 5.74) is 8.16. The lowest BCUT2D eigenvalue weighted by Gasteiger charge is -2.29. The number of hydrogen-bond acceptors (Lipinski definition) is 2. The largest absolute Gasteiger partial charge is 0.399 e. The minimum absolute atomic E-state index is 0.0249. The molecular weight excluding hydrogens is 224 g/mol. The molecule has 0 aromatic heterocycles. The Balaban J connectivity index is 2.04. The van der Waals surface area contributed by atoms with Crippen LogP contribution in [0, 0.1) is 12.8 Å². The molecule has 1 saturated carbocycles. The number of anilines is 1. The van der Waals surface area contributed by atoms with E-state index in [-0.39, 0.29) is 5.91 Å². The average Bonchev–Trinajstić information content (AvgIpc) is 2.35. The van der Waals surface area contributed by atoms with E-state index in [1.165, 1.54) is 19.3 Å². The third kappa shape index (κ3) is 2.84. The van der Waals surface area contributed by atoms with Crippen LogP contribution in [-0.4, -0.2) is 11.9 Å². The molecule has 0 unspecified atom stereocenters. The molecule has 2 rings (SSSR count). The molecule has 0 bridgehead atoms. The predicted octanol–water partition coefficient (Wildman–Crippen LogP) is 2.89. The van der Waals surface area contributed by atoms with Gasteiger partial charge in [-0.25, -0.2) is 0 Å². The van der Waals surface area contributed by atoms with Crippen molar-refractivity contribution < 1.29 is 4.79 Å². The maximum atomic E-state index is 12.2. The van der Waals surface area contributed by atoms with E-state index in [0.717, 1.165) is 17.7 Å². The van der Waals surface area contributed by atoms with Crippen LogP contribution in [0.4, 0.5) is 5.69 Å². The Kier molecular flexibility index (Phi) is 3.90. The van der Waals surface area contributed by atoms with Crippen molar-refractivity contribution in [2.45, 2.75) is 45.6 Å². The standard InChI is InChI=1S/C15H22N2O/c1-10-5-3-4-6-14(10)17-15(18)12-7-8-13(16)11(2)9-12/h7-10,14H,3-6,16H2,1-2H3,(H,17,18)/t10-,14-/m0/s1. The number of nitrogens with one attached hydrogen (secondary N) is 1. The van der Waals surface area contributed by atoms with Gasteiger partial charge in [-0.05, 0) is 49.4 Å². The molecule has 0 heterocycles. The first kappa shape index (κ1) is 12.9. The molecule has 2 atom stereocenters. The van der Waals surface area contributed by atoms with Gasteiger partial charge in [0.2, 0.25) is 0 Å². The first-order chi connectivity index (χ1) is 8.58. The van der Waals surface area contributed by atoms with Crippen molar-refractivity contribution in [1.29, 1.82) is 0 Å². The Hall–Kier alpha value is -1.51. The first-order valence-corrected chi connectivity index (χ1v) is 6.75. The molecule has 18 heavy (non-hydrogen) atoms. The van der Waals surface area contributed by atoms with E-state index in [0.29, 0.717) is 17.5 Å². The normalized spacial score (nSPS) is 23.7. The molecule has 0 aliphatic heterocycles. The molecule has 1 amide bonds. The number of carbonyl (C=O) groups is 1. The number of amides is 1. The zero-order chi connectivity index (χ0) is 13.1. The summed E-state index contributed by atoms with van der Waals surface area (Å²) in [6, 6.07) is 5.78. The maximum Gasteiger partial charge on any atom is 0.251 e. The molecule has 1 aliphatic carbocycles. The van der Waals surface area contributed by atoms with Crippen molar-refractivity contribution in [3.8, 4) is 0 Å². The number of aryl methyl sites for hydroxylation is 1. The molecule has 1 aromatic rings. The van der Waals surface area contributed by atoms with Crippen molar-refractivity contribution in [2.24, 2.45) is 5.92 Å². The van der Waals surface area contributed by atoms with Crippen LogP contribution in [0.2, 0.25) is 0 Å². The second-order valence-corrected chi connectivity index (χ2v) is 5.41. The van der Waals surface area contributed by atoms with Crippen LogP contribution in [0.5, 0.6) is 0 Å². The molecule has 3 nitrogen and oxygen atoms in total. The Morgan fingerprint density at radius 3 is 2.72 bits per heavy atom. The van der Waals surface area contributed by atoms with Crippen LogP contribution in [0.3, 0.4) is 0 Å². The highest BCUT2D eigenvalue weighted by Gasteiger charge is 2.23. The van der Waals surface area contributed by atoms with E-state index >= 15 is 0 Å². The highest BCUT2D eigenvalue weighted by molar-refractivity contribution is 5.95. The van der Waals surface area contributed by atoms with Gasteiger partial charge in [0.05, 0.1) is 0 Å². The molecule has 1 aromatic carbocycles. The van der Waals surface area contributed by atoms with Crippen molar-refractivity contribution >= 4 is 11.6 Å². The van der Waals surface area contributed by atoms with Gasteiger partial charge in [0.15, 0.2) is 0 Å². The van der Waals surface area contributed by atoms with Crippen LogP contribution < -0.4 is 11.1 Å². The van der Waals surface area contributed by atoms with Gasteiger partial charge < -0.3 is 11.1 Å². The van der Waals surface area contributed by atoms with Crippen LogP contribution in [0.25, 0.3) is 0 Å². The van der Waals surface area contributed by atoms with Crippen LogP contribution in [-0.2, 0) is 0 Å². The van der Waals surface area contributed by atoms with E-state index in [1.54, 1.807) is 12.1 Å². The lowest BCUT2D eigenvalue weighted by atomic mass is 9.86. The smallest absolute Gasteiger partial charge is 0.251 e. The van der Waals surface area contributed by atoms with Crippen LogP contribution in [0.1, 0.15) is 48.5 Å². The van der Waals surface area contributed by atoms with Crippen LogP contribution in [0.15, 0.2) is 18.2 Å². The summed E-state index contributed by atoms with van der Waals surface area (Å²) in [7, 11) is 0. The highest BCUT2D eigenvalue weighted by atomic mass is 16.1. The molecule has 3 N–H and O–H groups in total. The summed E-state index contributed by atoms with van der Waals surface area (Å²) < 4.78 is 0. The quantitative estimate of drug-likeness (QED) is 0.788. The molecule has 3 heteroatoms. The van der Waals surface area contributed by atoms with E-state index in [1.807, 2.05) is 13.0 Å². The maximum absolute atomic E-state index is 12.2. The van der Waals surface area contributed by atoms with Gasteiger partial charge in [0.25, 0.3) is 5.91 Å². The molecule has 1 fully saturated rings. The summed E-state index contributed by atoms with van der Waals surface area (Å²) >= 11 is 0.